The minimum Gasteiger partial charge on any atom is -0.395 e. The molecular weight excluding hydrogens is 260 g/mol. The fourth-order valence-electron chi connectivity index (χ4n) is 3.48. The second-order valence-electron chi connectivity index (χ2n) is 6.42. The van der Waals surface area contributed by atoms with E-state index in [9.17, 15) is 5.11 Å². The van der Waals surface area contributed by atoms with Gasteiger partial charge in [-0.1, -0.05) is 56.5 Å². The molecule has 1 aliphatic carbocycles. The first kappa shape index (κ1) is 16.5. The summed E-state index contributed by atoms with van der Waals surface area (Å²) in [5.74, 6) is 0.390. The molecule has 1 aliphatic rings. The molecule has 0 bridgehead atoms. The molecular formula is C18H30N2O. The fourth-order valence-corrected chi connectivity index (χ4v) is 3.48. The molecule has 0 aliphatic heterocycles. The van der Waals surface area contributed by atoms with E-state index in [0.717, 1.165) is 13.1 Å². The topological polar surface area (TPSA) is 49.5 Å². The lowest BCUT2D eigenvalue weighted by Crippen LogP contribution is -2.43. The van der Waals surface area contributed by atoms with Crippen molar-refractivity contribution in [1.29, 1.82) is 0 Å². The van der Waals surface area contributed by atoms with Crippen molar-refractivity contribution in [3.8, 4) is 0 Å². The number of hydrogen-bond acceptors (Lipinski definition) is 3. The van der Waals surface area contributed by atoms with Crippen molar-refractivity contribution in [2.45, 2.75) is 51.1 Å². The summed E-state index contributed by atoms with van der Waals surface area (Å²) in [5, 5.41) is 9.36. The smallest absolute Gasteiger partial charge is 0.0558 e. The number of aliphatic hydroxyl groups is 1. The van der Waals surface area contributed by atoms with Crippen LogP contribution in [0.2, 0.25) is 0 Å². The number of hydrogen-bond donors (Lipinski definition) is 2. The maximum absolute atomic E-state index is 9.36. The molecule has 118 valence electrons. The van der Waals surface area contributed by atoms with Gasteiger partial charge in [0, 0.05) is 25.2 Å². The van der Waals surface area contributed by atoms with Crippen LogP contribution >= 0.6 is 0 Å². The van der Waals surface area contributed by atoms with Crippen molar-refractivity contribution in [1.82, 2.24) is 4.90 Å². The van der Waals surface area contributed by atoms with Crippen molar-refractivity contribution < 1.29 is 5.11 Å². The quantitative estimate of drug-likeness (QED) is 0.811. The number of aliphatic hydroxyl groups excluding tert-OH is 1. The fraction of sp³-hybridized carbons (Fsp3) is 0.667. The molecule has 2 rings (SSSR count). The molecule has 0 saturated heterocycles. The maximum atomic E-state index is 9.36. The Labute approximate surface area is 129 Å². The Morgan fingerprint density at radius 2 is 1.86 bits per heavy atom. The average Bonchev–Trinajstić information content (AvgIpc) is 2.55. The van der Waals surface area contributed by atoms with E-state index in [0.29, 0.717) is 12.0 Å². The zero-order valence-electron chi connectivity index (χ0n) is 13.2. The van der Waals surface area contributed by atoms with Crippen LogP contribution < -0.4 is 5.73 Å². The largest absolute Gasteiger partial charge is 0.395 e. The minimum atomic E-state index is 0.0657. The van der Waals surface area contributed by atoms with Gasteiger partial charge in [0.2, 0.25) is 0 Å². The van der Waals surface area contributed by atoms with Gasteiger partial charge in [0.25, 0.3) is 0 Å². The second kappa shape index (κ2) is 8.52. The monoisotopic (exact) mass is 290 g/mol. The Hall–Kier alpha value is -0.900. The van der Waals surface area contributed by atoms with Crippen molar-refractivity contribution in [2.24, 2.45) is 11.7 Å². The van der Waals surface area contributed by atoms with E-state index in [1.165, 1.54) is 37.7 Å². The summed E-state index contributed by atoms with van der Waals surface area (Å²) < 4.78 is 0. The second-order valence-corrected chi connectivity index (χ2v) is 6.42. The van der Waals surface area contributed by atoms with Gasteiger partial charge in [0.1, 0.15) is 0 Å². The molecule has 3 heteroatoms. The van der Waals surface area contributed by atoms with E-state index in [-0.39, 0.29) is 12.6 Å². The first-order valence-corrected chi connectivity index (χ1v) is 8.38. The number of nitrogens with two attached hydrogens (primary N) is 1. The van der Waals surface area contributed by atoms with Crippen molar-refractivity contribution in [3.05, 3.63) is 35.9 Å². The van der Waals surface area contributed by atoms with Gasteiger partial charge in [-0.2, -0.15) is 0 Å². The number of benzene rings is 1. The van der Waals surface area contributed by atoms with E-state index in [1.807, 2.05) is 6.07 Å². The molecule has 1 aromatic carbocycles. The van der Waals surface area contributed by atoms with Gasteiger partial charge < -0.3 is 10.8 Å². The molecule has 1 saturated carbocycles. The van der Waals surface area contributed by atoms with Crippen LogP contribution in [-0.4, -0.2) is 35.7 Å². The normalized spacial score (nSPS) is 19.6. The molecule has 2 unspecified atom stereocenters. The Morgan fingerprint density at radius 3 is 2.48 bits per heavy atom. The highest BCUT2D eigenvalue weighted by atomic mass is 16.3. The summed E-state index contributed by atoms with van der Waals surface area (Å²) in [4.78, 5) is 2.46. The predicted octanol–water partition coefficient (Wildman–Crippen LogP) is 2.95. The Morgan fingerprint density at radius 1 is 1.19 bits per heavy atom. The van der Waals surface area contributed by atoms with E-state index in [2.05, 4.69) is 36.1 Å². The van der Waals surface area contributed by atoms with Crippen LogP contribution in [-0.2, 0) is 0 Å². The van der Waals surface area contributed by atoms with E-state index in [1.54, 1.807) is 0 Å². The highest BCUT2D eigenvalue weighted by Gasteiger charge is 2.24. The predicted molar refractivity (Wildman–Crippen MR) is 88.1 cm³/mol. The Balaban J connectivity index is 1.95. The van der Waals surface area contributed by atoms with Gasteiger partial charge in [-0.15, -0.1) is 0 Å². The average molecular weight is 290 g/mol. The highest BCUT2D eigenvalue weighted by Crippen LogP contribution is 2.26. The van der Waals surface area contributed by atoms with E-state index < -0.39 is 0 Å². The van der Waals surface area contributed by atoms with Crippen molar-refractivity contribution in [3.63, 3.8) is 0 Å². The highest BCUT2D eigenvalue weighted by molar-refractivity contribution is 5.19. The molecule has 1 fully saturated rings. The molecule has 3 N–H and O–H groups in total. The molecule has 21 heavy (non-hydrogen) atoms. The molecule has 2 atom stereocenters. The molecule has 0 amide bonds. The summed E-state index contributed by atoms with van der Waals surface area (Å²) in [6.45, 7) is 4.21. The Kier molecular flexibility index (Phi) is 6.68. The first-order chi connectivity index (χ1) is 10.2. The van der Waals surface area contributed by atoms with Gasteiger partial charge in [0.15, 0.2) is 0 Å². The van der Waals surface area contributed by atoms with Gasteiger partial charge in [0.05, 0.1) is 6.61 Å². The van der Waals surface area contributed by atoms with Gasteiger partial charge in [-0.05, 0) is 24.3 Å². The molecule has 0 heterocycles. The van der Waals surface area contributed by atoms with Crippen LogP contribution in [0.15, 0.2) is 30.3 Å². The lowest BCUT2D eigenvalue weighted by Gasteiger charge is -2.36. The molecule has 0 spiro atoms. The van der Waals surface area contributed by atoms with Crippen molar-refractivity contribution in [2.75, 3.05) is 19.7 Å². The third kappa shape index (κ3) is 4.80. The minimum absolute atomic E-state index is 0.0657. The van der Waals surface area contributed by atoms with Crippen LogP contribution in [0.3, 0.4) is 0 Å². The standard InChI is InChI=1S/C18H30N2O/c1-15(18(19)16-8-4-2-5-9-16)14-20(12-13-21)17-10-6-3-7-11-17/h2,4-5,8-9,15,17-18,21H,3,6-7,10-14,19H2,1H3. The van der Waals surface area contributed by atoms with E-state index in [4.69, 9.17) is 5.73 Å². The molecule has 1 aromatic rings. The molecule has 0 aromatic heterocycles. The zero-order chi connectivity index (χ0) is 15.1. The first-order valence-electron chi connectivity index (χ1n) is 8.38. The van der Waals surface area contributed by atoms with Gasteiger partial charge in [-0.25, -0.2) is 0 Å². The summed E-state index contributed by atoms with van der Waals surface area (Å²) in [6.07, 6.45) is 6.56. The van der Waals surface area contributed by atoms with Crippen LogP contribution in [0.25, 0.3) is 0 Å². The third-order valence-electron chi connectivity index (χ3n) is 4.80. The summed E-state index contributed by atoms with van der Waals surface area (Å²) in [5.41, 5.74) is 7.63. The number of rotatable bonds is 7. The number of nitrogens with zero attached hydrogens (tertiary/aromatic N) is 1. The third-order valence-corrected chi connectivity index (χ3v) is 4.80. The zero-order valence-corrected chi connectivity index (χ0v) is 13.2. The van der Waals surface area contributed by atoms with Crippen LogP contribution in [0.1, 0.15) is 50.6 Å². The lowest BCUT2D eigenvalue weighted by molar-refractivity contribution is 0.104. The lowest BCUT2D eigenvalue weighted by atomic mass is 9.91. The SMILES string of the molecule is CC(CN(CCO)C1CCCCC1)C(N)c1ccccc1. The van der Waals surface area contributed by atoms with Gasteiger partial charge in [-0.3, -0.25) is 4.90 Å². The van der Waals surface area contributed by atoms with Crippen LogP contribution in [0.4, 0.5) is 0 Å². The maximum Gasteiger partial charge on any atom is 0.0558 e. The molecule has 0 radical (unpaired) electrons. The van der Waals surface area contributed by atoms with E-state index >= 15 is 0 Å². The van der Waals surface area contributed by atoms with Crippen molar-refractivity contribution >= 4 is 0 Å². The van der Waals surface area contributed by atoms with Gasteiger partial charge >= 0.3 is 0 Å². The molecule has 3 nitrogen and oxygen atoms in total. The van der Waals surface area contributed by atoms with Crippen LogP contribution in [0, 0.1) is 5.92 Å². The summed E-state index contributed by atoms with van der Waals surface area (Å²) >= 11 is 0. The summed E-state index contributed by atoms with van der Waals surface area (Å²) in [7, 11) is 0. The van der Waals surface area contributed by atoms with Crippen LogP contribution in [0.5, 0.6) is 0 Å². The summed E-state index contributed by atoms with van der Waals surface area (Å²) in [6, 6.07) is 11.0. The Bertz CT molecular complexity index is 389.